The molecule has 0 aliphatic carbocycles. The van der Waals surface area contributed by atoms with Crippen LogP contribution in [0.3, 0.4) is 0 Å². The number of nitrogens with zero attached hydrogens (tertiary/aromatic N) is 3. The predicted octanol–water partition coefficient (Wildman–Crippen LogP) is 2.92. The van der Waals surface area contributed by atoms with E-state index in [1.54, 1.807) is 6.20 Å². The lowest BCUT2D eigenvalue weighted by molar-refractivity contribution is 0.0642. The molecule has 0 saturated carbocycles. The van der Waals surface area contributed by atoms with Gasteiger partial charge in [-0.1, -0.05) is 13.8 Å². The number of carbonyl (C=O) groups excluding carboxylic acids is 1. The third kappa shape index (κ3) is 4.69. The van der Waals surface area contributed by atoms with E-state index in [4.69, 9.17) is 0 Å². The Bertz CT molecular complexity index is 497. The summed E-state index contributed by atoms with van der Waals surface area (Å²) in [6.07, 6.45) is 5.91. The fraction of sp³-hybridized carbons (Fsp3) is 0.684. The number of hydrogen-bond acceptors (Lipinski definition) is 4. The number of rotatable bonds is 8. The van der Waals surface area contributed by atoms with Crippen molar-refractivity contribution in [2.24, 2.45) is 0 Å². The first kappa shape index (κ1) is 18.7. The van der Waals surface area contributed by atoms with Crippen molar-refractivity contribution in [2.45, 2.75) is 52.5 Å². The summed E-state index contributed by atoms with van der Waals surface area (Å²) in [5.74, 6) is 1.08. The van der Waals surface area contributed by atoms with E-state index >= 15 is 0 Å². The maximum Gasteiger partial charge on any atom is 0.255 e. The van der Waals surface area contributed by atoms with Gasteiger partial charge < -0.3 is 15.1 Å². The second-order valence-corrected chi connectivity index (χ2v) is 6.46. The highest BCUT2D eigenvalue weighted by Crippen LogP contribution is 2.18. The average molecular weight is 332 g/mol. The molecule has 5 nitrogen and oxygen atoms in total. The van der Waals surface area contributed by atoms with E-state index in [1.807, 2.05) is 12.1 Å². The van der Waals surface area contributed by atoms with Gasteiger partial charge in [0.05, 0.1) is 5.56 Å². The molecule has 2 heterocycles. The molecular weight excluding hydrogens is 300 g/mol. The zero-order chi connectivity index (χ0) is 17.4. The molecule has 134 valence electrons. The third-order valence-corrected chi connectivity index (χ3v) is 4.67. The van der Waals surface area contributed by atoms with Crippen molar-refractivity contribution < 1.29 is 4.79 Å². The second kappa shape index (κ2) is 9.62. The number of amides is 1. The smallest absolute Gasteiger partial charge is 0.255 e. The Kier molecular flexibility index (Phi) is 7.50. The summed E-state index contributed by atoms with van der Waals surface area (Å²) in [4.78, 5) is 21.8. The predicted molar refractivity (Wildman–Crippen MR) is 99.6 cm³/mol. The number of nitrogens with one attached hydrogen (secondary N) is 1. The van der Waals surface area contributed by atoms with Crippen molar-refractivity contribution in [1.82, 2.24) is 15.2 Å². The van der Waals surface area contributed by atoms with Gasteiger partial charge in [-0.3, -0.25) is 4.79 Å². The first-order valence-electron chi connectivity index (χ1n) is 9.43. The molecule has 1 aliphatic rings. The molecule has 0 atom stereocenters. The monoisotopic (exact) mass is 332 g/mol. The van der Waals surface area contributed by atoms with Crippen LogP contribution in [0.15, 0.2) is 18.3 Å². The average Bonchev–Trinajstić information content (AvgIpc) is 2.64. The molecule has 1 N–H and O–H groups in total. The van der Waals surface area contributed by atoms with Gasteiger partial charge in [0, 0.05) is 31.9 Å². The summed E-state index contributed by atoms with van der Waals surface area (Å²) in [5.41, 5.74) is 0.707. The van der Waals surface area contributed by atoms with Crippen molar-refractivity contribution in [1.29, 1.82) is 0 Å². The minimum absolute atomic E-state index is 0.126. The fourth-order valence-electron chi connectivity index (χ4n) is 3.38. The normalized spacial score (nSPS) is 15.3. The number of piperidine rings is 1. The highest BCUT2D eigenvalue weighted by Gasteiger charge is 2.25. The van der Waals surface area contributed by atoms with Crippen molar-refractivity contribution in [3.63, 3.8) is 0 Å². The fourth-order valence-corrected chi connectivity index (χ4v) is 3.38. The molecule has 0 bridgehead atoms. The first-order chi connectivity index (χ1) is 11.7. The summed E-state index contributed by atoms with van der Waals surface area (Å²) in [7, 11) is 0. The Morgan fingerprint density at radius 3 is 2.42 bits per heavy atom. The van der Waals surface area contributed by atoms with Gasteiger partial charge in [0.15, 0.2) is 0 Å². The van der Waals surface area contributed by atoms with Gasteiger partial charge in [0.2, 0.25) is 0 Å². The lowest BCUT2D eigenvalue weighted by atomic mass is 10.0. The molecule has 24 heavy (non-hydrogen) atoms. The Morgan fingerprint density at radius 1 is 1.17 bits per heavy atom. The molecule has 1 amide bonds. The highest BCUT2D eigenvalue weighted by atomic mass is 16.2. The summed E-state index contributed by atoms with van der Waals surface area (Å²) in [6, 6.07) is 4.27. The van der Waals surface area contributed by atoms with Crippen molar-refractivity contribution in [2.75, 3.05) is 37.6 Å². The standard InChI is InChI=1S/C19H32N4O/c1-4-13-22(6-3)18-8-7-16(15-21-18)19(24)23(14-5-2)17-9-11-20-12-10-17/h7-8,15,17,20H,4-6,9-14H2,1-3H3. The Labute approximate surface area is 146 Å². The molecule has 1 aliphatic heterocycles. The van der Waals surface area contributed by atoms with E-state index < -0.39 is 0 Å². The van der Waals surface area contributed by atoms with Crippen molar-refractivity contribution in [3.8, 4) is 0 Å². The van der Waals surface area contributed by atoms with E-state index in [0.717, 1.165) is 64.2 Å². The molecule has 0 aromatic carbocycles. The van der Waals surface area contributed by atoms with Gasteiger partial charge in [-0.25, -0.2) is 4.98 Å². The largest absolute Gasteiger partial charge is 0.357 e. The van der Waals surface area contributed by atoms with Gasteiger partial charge in [-0.05, 0) is 57.8 Å². The number of hydrogen-bond donors (Lipinski definition) is 1. The van der Waals surface area contributed by atoms with Crippen LogP contribution in [0.1, 0.15) is 56.8 Å². The van der Waals surface area contributed by atoms with Crippen molar-refractivity contribution >= 4 is 11.7 Å². The Morgan fingerprint density at radius 2 is 1.88 bits per heavy atom. The SMILES string of the molecule is CCCN(CC)c1ccc(C(=O)N(CCC)C2CCNCC2)cn1. The second-order valence-electron chi connectivity index (χ2n) is 6.46. The van der Waals surface area contributed by atoms with Gasteiger partial charge in [0.1, 0.15) is 5.82 Å². The minimum Gasteiger partial charge on any atom is -0.357 e. The Hall–Kier alpha value is -1.62. The molecule has 0 radical (unpaired) electrons. The van der Waals surface area contributed by atoms with Crippen LogP contribution in [0.25, 0.3) is 0 Å². The first-order valence-corrected chi connectivity index (χ1v) is 9.43. The van der Waals surface area contributed by atoms with Crippen LogP contribution in [0.5, 0.6) is 0 Å². The molecule has 1 fully saturated rings. The number of anilines is 1. The molecule has 1 aromatic rings. The number of carbonyl (C=O) groups is 1. The van der Waals surface area contributed by atoms with Crippen LogP contribution < -0.4 is 10.2 Å². The van der Waals surface area contributed by atoms with Crippen LogP contribution in [0.4, 0.5) is 5.82 Å². The molecule has 1 aromatic heterocycles. The summed E-state index contributed by atoms with van der Waals surface area (Å²) in [6.45, 7) is 11.2. The van der Waals surface area contributed by atoms with Gasteiger partial charge in [-0.15, -0.1) is 0 Å². The summed E-state index contributed by atoms with van der Waals surface area (Å²) in [5, 5.41) is 3.37. The van der Waals surface area contributed by atoms with E-state index in [2.05, 4.69) is 40.9 Å². The molecule has 0 spiro atoms. The lowest BCUT2D eigenvalue weighted by Crippen LogP contribution is -2.46. The molecule has 1 saturated heterocycles. The van der Waals surface area contributed by atoms with Crippen LogP contribution in [0.2, 0.25) is 0 Å². The van der Waals surface area contributed by atoms with E-state index in [-0.39, 0.29) is 5.91 Å². The van der Waals surface area contributed by atoms with Crippen molar-refractivity contribution in [3.05, 3.63) is 23.9 Å². The summed E-state index contributed by atoms with van der Waals surface area (Å²) >= 11 is 0. The maximum atomic E-state index is 13.0. The van der Waals surface area contributed by atoms with E-state index in [9.17, 15) is 4.79 Å². The number of aromatic nitrogens is 1. The van der Waals surface area contributed by atoms with Crippen LogP contribution in [0, 0.1) is 0 Å². The van der Waals surface area contributed by atoms with Gasteiger partial charge in [0.25, 0.3) is 5.91 Å². The van der Waals surface area contributed by atoms with Crippen LogP contribution in [-0.4, -0.2) is 54.6 Å². The minimum atomic E-state index is 0.126. The Balaban J connectivity index is 2.11. The molecule has 2 rings (SSSR count). The van der Waals surface area contributed by atoms with E-state index in [0.29, 0.717) is 11.6 Å². The quantitative estimate of drug-likeness (QED) is 0.795. The maximum absolute atomic E-state index is 13.0. The zero-order valence-electron chi connectivity index (χ0n) is 15.4. The summed E-state index contributed by atoms with van der Waals surface area (Å²) < 4.78 is 0. The molecule has 0 unspecified atom stereocenters. The van der Waals surface area contributed by atoms with Crippen LogP contribution >= 0.6 is 0 Å². The van der Waals surface area contributed by atoms with Gasteiger partial charge >= 0.3 is 0 Å². The topological polar surface area (TPSA) is 48.5 Å². The highest BCUT2D eigenvalue weighted by molar-refractivity contribution is 5.94. The zero-order valence-corrected chi connectivity index (χ0v) is 15.4. The number of pyridine rings is 1. The lowest BCUT2D eigenvalue weighted by Gasteiger charge is -2.34. The third-order valence-electron chi connectivity index (χ3n) is 4.67. The molecule has 5 heteroatoms. The van der Waals surface area contributed by atoms with Gasteiger partial charge in [-0.2, -0.15) is 0 Å². The van der Waals surface area contributed by atoms with E-state index in [1.165, 1.54) is 0 Å². The van der Waals surface area contributed by atoms with Crippen LogP contribution in [-0.2, 0) is 0 Å². The molecular formula is C19H32N4O.